The third kappa shape index (κ3) is 9.20. The molecule has 1 unspecified atom stereocenters. The summed E-state index contributed by atoms with van der Waals surface area (Å²) in [4.78, 5) is 23.2. The van der Waals surface area contributed by atoms with Crippen LogP contribution in [0.15, 0.2) is 12.2 Å². The minimum absolute atomic E-state index is 0.133. The Labute approximate surface area is 126 Å². The summed E-state index contributed by atoms with van der Waals surface area (Å²) in [6.45, 7) is 11.8. The lowest BCUT2D eigenvalue weighted by Gasteiger charge is -2.28. The van der Waals surface area contributed by atoms with E-state index in [9.17, 15) is 14.7 Å². The zero-order chi connectivity index (χ0) is 16.7. The molecule has 1 N–H and O–H groups in total. The average Bonchev–Trinajstić information content (AvgIpc) is 2.31. The van der Waals surface area contributed by atoms with E-state index in [2.05, 4.69) is 6.58 Å². The Kier molecular flexibility index (Phi) is 7.60. The number of carbonyl (C=O) groups is 2. The fraction of sp³-hybridized carbons (Fsp3) is 0.733. The van der Waals surface area contributed by atoms with Gasteiger partial charge in [-0.25, -0.2) is 4.79 Å². The van der Waals surface area contributed by atoms with Crippen molar-refractivity contribution in [1.82, 2.24) is 0 Å². The fourth-order valence-corrected chi connectivity index (χ4v) is 1.41. The molecule has 0 saturated carbocycles. The van der Waals surface area contributed by atoms with Gasteiger partial charge in [-0.1, -0.05) is 6.58 Å². The summed E-state index contributed by atoms with van der Waals surface area (Å²) < 4.78 is 15.2. The minimum atomic E-state index is -1.62. The van der Waals surface area contributed by atoms with E-state index in [-0.39, 0.29) is 25.2 Å². The maximum absolute atomic E-state index is 11.8. The molecule has 0 bridgehead atoms. The predicted octanol–water partition coefficient (Wildman–Crippen LogP) is 1.61. The van der Waals surface area contributed by atoms with Crippen molar-refractivity contribution in [3.8, 4) is 0 Å². The summed E-state index contributed by atoms with van der Waals surface area (Å²) in [5, 5.41) is 10.4. The number of esters is 2. The van der Waals surface area contributed by atoms with Crippen molar-refractivity contribution in [3.05, 3.63) is 12.2 Å². The molecular weight excluding hydrogens is 276 g/mol. The second kappa shape index (κ2) is 8.14. The zero-order valence-corrected chi connectivity index (χ0v) is 13.5. The molecule has 6 heteroatoms. The van der Waals surface area contributed by atoms with Gasteiger partial charge in [-0.3, -0.25) is 4.79 Å². The third-order valence-electron chi connectivity index (χ3n) is 2.29. The molecule has 1 atom stereocenters. The monoisotopic (exact) mass is 302 g/mol. The maximum Gasteiger partial charge on any atom is 0.333 e. The van der Waals surface area contributed by atoms with E-state index in [4.69, 9.17) is 14.2 Å². The summed E-state index contributed by atoms with van der Waals surface area (Å²) in [6, 6.07) is 0. The summed E-state index contributed by atoms with van der Waals surface area (Å²) in [5.74, 6) is -1.22. The van der Waals surface area contributed by atoms with Crippen LogP contribution in [0.25, 0.3) is 0 Å². The Hall–Kier alpha value is -1.40. The SMILES string of the molecule is C=C(C)C(=O)OCC(O)(COCC)CC(=O)OC(C)(C)C. The summed E-state index contributed by atoms with van der Waals surface area (Å²) in [5.41, 5.74) is -2.06. The summed E-state index contributed by atoms with van der Waals surface area (Å²) in [7, 11) is 0. The molecule has 6 nitrogen and oxygen atoms in total. The molecule has 0 aromatic carbocycles. The fourth-order valence-electron chi connectivity index (χ4n) is 1.41. The molecule has 0 amide bonds. The van der Waals surface area contributed by atoms with Crippen LogP contribution < -0.4 is 0 Å². The van der Waals surface area contributed by atoms with Gasteiger partial charge in [0, 0.05) is 12.2 Å². The van der Waals surface area contributed by atoms with Crippen molar-refractivity contribution in [1.29, 1.82) is 0 Å². The van der Waals surface area contributed by atoms with Crippen molar-refractivity contribution in [2.45, 2.75) is 52.2 Å². The Morgan fingerprint density at radius 2 is 1.76 bits per heavy atom. The van der Waals surface area contributed by atoms with E-state index in [0.29, 0.717) is 6.61 Å². The van der Waals surface area contributed by atoms with Crippen LogP contribution in [0.4, 0.5) is 0 Å². The first-order chi connectivity index (χ1) is 9.49. The van der Waals surface area contributed by atoms with Gasteiger partial charge in [-0.15, -0.1) is 0 Å². The lowest BCUT2D eigenvalue weighted by molar-refractivity contribution is -0.171. The zero-order valence-electron chi connectivity index (χ0n) is 13.5. The molecule has 0 radical (unpaired) electrons. The van der Waals surface area contributed by atoms with Crippen molar-refractivity contribution in [2.75, 3.05) is 19.8 Å². The Balaban J connectivity index is 4.70. The average molecular weight is 302 g/mol. The molecule has 0 aliphatic heterocycles. The van der Waals surface area contributed by atoms with Crippen molar-refractivity contribution in [2.24, 2.45) is 0 Å². The largest absolute Gasteiger partial charge is 0.460 e. The standard InChI is InChI=1S/C15H26O6/c1-7-19-9-15(18,10-20-13(17)11(2)3)8-12(16)21-14(4,5)6/h18H,2,7-10H2,1,3-6H3. The highest BCUT2D eigenvalue weighted by Crippen LogP contribution is 2.17. The normalized spacial score (nSPS) is 14.2. The second-order valence-corrected chi connectivity index (χ2v) is 5.98. The molecule has 21 heavy (non-hydrogen) atoms. The topological polar surface area (TPSA) is 82.1 Å². The van der Waals surface area contributed by atoms with E-state index in [1.54, 1.807) is 27.7 Å². The lowest BCUT2D eigenvalue weighted by Crippen LogP contribution is -2.44. The quantitative estimate of drug-likeness (QED) is 0.542. The van der Waals surface area contributed by atoms with Crippen LogP contribution in [0.5, 0.6) is 0 Å². The van der Waals surface area contributed by atoms with E-state index in [0.717, 1.165) is 0 Å². The van der Waals surface area contributed by atoms with Gasteiger partial charge < -0.3 is 19.3 Å². The predicted molar refractivity (Wildman–Crippen MR) is 77.7 cm³/mol. The van der Waals surface area contributed by atoms with Crippen LogP contribution in [0.1, 0.15) is 41.0 Å². The van der Waals surface area contributed by atoms with Crippen molar-refractivity contribution in [3.63, 3.8) is 0 Å². The van der Waals surface area contributed by atoms with Gasteiger partial charge in [0.1, 0.15) is 17.8 Å². The van der Waals surface area contributed by atoms with Crippen molar-refractivity contribution >= 4 is 11.9 Å². The van der Waals surface area contributed by atoms with Gasteiger partial charge in [0.15, 0.2) is 0 Å². The molecule has 0 spiro atoms. The van der Waals surface area contributed by atoms with Crippen LogP contribution in [-0.2, 0) is 23.8 Å². The molecule has 0 fully saturated rings. The van der Waals surface area contributed by atoms with Gasteiger partial charge in [-0.05, 0) is 34.6 Å². The summed E-state index contributed by atoms with van der Waals surface area (Å²) in [6.07, 6.45) is -0.326. The van der Waals surface area contributed by atoms with E-state index in [1.807, 2.05) is 0 Å². The molecule has 0 heterocycles. The van der Waals surface area contributed by atoms with Gasteiger partial charge in [0.2, 0.25) is 0 Å². The number of ether oxygens (including phenoxy) is 3. The number of hydrogen-bond acceptors (Lipinski definition) is 6. The lowest BCUT2D eigenvalue weighted by atomic mass is 10.0. The van der Waals surface area contributed by atoms with Crippen LogP contribution in [-0.4, -0.2) is 48.1 Å². The number of carbonyl (C=O) groups excluding carboxylic acids is 2. The number of aliphatic hydroxyl groups is 1. The third-order valence-corrected chi connectivity index (χ3v) is 2.29. The Morgan fingerprint density at radius 3 is 2.19 bits per heavy atom. The maximum atomic E-state index is 11.8. The first kappa shape index (κ1) is 19.6. The van der Waals surface area contributed by atoms with Crippen LogP contribution in [0.2, 0.25) is 0 Å². The van der Waals surface area contributed by atoms with Gasteiger partial charge >= 0.3 is 11.9 Å². The van der Waals surface area contributed by atoms with Crippen LogP contribution >= 0.6 is 0 Å². The second-order valence-electron chi connectivity index (χ2n) is 5.98. The van der Waals surface area contributed by atoms with Gasteiger partial charge in [0.25, 0.3) is 0 Å². The highest BCUT2D eigenvalue weighted by atomic mass is 16.6. The highest BCUT2D eigenvalue weighted by molar-refractivity contribution is 5.87. The van der Waals surface area contributed by atoms with Crippen molar-refractivity contribution < 1.29 is 28.9 Å². The smallest absolute Gasteiger partial charge is 0.333 e. The van der Waals surface area contributed by atoms with E-state index in [1.165, 1.54) is 6.92 Å². The molecule has 0 aromatic heterocycles. The van der Waals surface area contributed by atoms with Gasteiger partial charge in [0.05, 0.1) is 13.0 Å². The Bertz CT molecular complexity index is 382. The van der Waals surface area contributed by atoms with Crippen LogP contribution in [0, 0.1) is 0 Å². The number of rotatable bonds is 8. The molecule has 0 saturated heterocycles. The first-order valence-electron chi connectivity index (χ1n) is 6.84. The molecule has 122 valence electrons. The van der Waals surface area contributed by atoms with Gasteiger partial charge in [-0.2, -0.15) is 0 Å². The van der Waals surface area contributed by atoms with E-state index < -0.39 is 23.1 Å². The molecule has 0 aromatic rings. The first-order valence-corrected chi connectivity index (χ1v) is 6.84. The number of hydrogen-bond donors (Lipinski definition) is 1. The molecule has 0 aliphatic rings. The Morgan fingerprint density at radius 1 is 1.19 bits per heavy atom. The molecule has 0 aliphatic carbocycles. The van der Waals surface area contributed by atoms with Crippen LogP contribution in [0.3, 0.4) is 0 Å². The summed E-state index contributed by atoms with van der Waals surface area (Å²) >= 11 is 0. The molecule has 0 rings (SSSR count). The molecular formula is C15H26O6. The van der Waals surface area contributed by atoms with E-state index >= 15 is 0 Å². The minimum Gasteiger partial charge on any atom is -0.460 e. The highest BCUT2D eigenvalue weighted by Gasteiger charge is 2.34.